The maximum Gasteiger partial charge on any atom is 0.336 e. The number of hydrogen-bond donors (Lipinski definition) is 1. The van der Waals surface area contributed by atoms with Crippen molar-refractivity contribution in [1.29, 1.82) is 0 Å². The smallest absolute Gasteiger partial charge is 0.336 e. The van der Waals surface area contributed by atoms with Gasteiger partial charge >= 0.3 is 5.97 Å². The minimum absolute atomic E-state index is 0.0235. The van der Waals surface area contributed by atoms with E-state index in [2.05, 4.69) is 6.92 Å². The maximum atomic E-state index is 12.5. The Hall–Kier alpha value is -3.15. The van der Waals surface area contributed by atoms with E-state index in [0.717, 1.165) is 36.0 Å². The fourth-order valence-corrected chi connectivity index (χ4v) is 4.06. The second-order valence-electron chi connectivity index (χ2n) is 8.09. The second kappa shape index (κ2) is 8.92. The predicted octanol–water partition coefficient (Wildman–Crippen LogP) is 5.75. The van der Waals surface area contributed by atoms with E-state index in [1.54, 1.807) is 12.1 Å². The Kier molecular flexibility index (Phi) is 6.07. The number of rotatable bonds is 8. The van der Waals surface area contributed by atoms with Crippen molar-refractivity contribution in [2.45, 2.75) is 58.7 Å². The number of carboxylic acids is 1. The molecule has 2 aromatic rings. The summed E-state index contributed by atoms with van der Waals surface area (Å²) >= 11 is 0. The van der Waals surface area contributed by atoms with Crippen LogP contribution in [0.2, 0.25) is 0 Å². The van der Waals surface area contributed by atoms with Crippen LogP contribution in [0, 0.1) is 0 Å². The lowest BCUT2D eigenvalue weighted by molar-refractivity contribution is -0.133. The zero-order valence-corrected chi connectivity index (χ0v) is 18.1. The molecule has 0 fully saturated rings. The molecule has 0 bridgehead atoms. The lowest BCUT2D eigenvalue weighted by Gasteiger charge is -2.30. The van der Waals surface area contributed by atoms with Crippen molar-refractivity contribution in [3.8, 4) is 23.0 Å². The molecule has 0 aromatic heterocycles. The highest BCUT2D eigenvalue weighted by Gasteiger charge is 2.35. The van der Waals surface area contributed by atoms with Gasteiger partial charge in [0.2, 0.25) is 6.79 Å². The van der Waals surface area contributed by atoms with Crippen molar-refractivity contribution < 1.29 is 28.8 Å². The molecule has 4 rings (SSSR count). The third kappa shape index (κ3) is 4.33. The van der Waals surface area contributed by atoms with Gasteiger partial charge in [0.1, 0.15) is 11.5 Å². The maximum absolute atomic E-state index is 12.5. The fourth-order valence-electron chi connectivity index (χ4n) is 4.06. The quantitative estimate of drug-likeness (QED) is 0.544. The molecule has 31 heavy (non-hydrogen) atoms. The Bertz CT molecular complexity index is 1010. The molecule has 6 nitrogen and oxygen atoms in total. The van der Waals surface area contributed by atoms with E-state index >= 15 is 0 Å². The molecule has 0 saturated heterocycles. The van der Waals surface area contributed by atoms with Gasteiger partial charge in [-0.2, -0.15) is 0 Å². The highest BCUT2D eigenvalue weighted by Crippen LogP contribution is 2.47. The molecule has 0 spiro atoms. The molecule has 6 heteroatoms. The zero-order chi connectivity index (χ0) is 22.0. The first-order valence-electron chi connectivity index (χ1n) is 10.8. The van der Waals surface area contributed by atoms with Gasteiger partial charge in [-0.3, -0.25) is 0 Å². The van der Waals surface area contributed by atoms with Gasteiger partial charge in [-0.1, -0.05) is 25.8 Å². The number of allylic oxidation sites excluding steroid dienone is 1. The van der Waals surface area contributed by atoms with Crippen molar-refractivity contribution in [3.05, 3.63) is 53.1 Å². The molecular formula is C25H28O6. The molecule has 0 aliphatic carbocycles. The molecular weight excluding hydrogens is 396 g/mol. The van der Waals surface area contributed by atoms with Crippen LogP contribution in [0.5, 0.6) is 23.0 Å². The lowest BCUT2D eigenvalue weighted by atomic mass is 9.86. The van der Waals surface area contributed by atoms with Gasteiger partial charge in [0.25, 0.3) is 0 Å². The highest BCUT2D eigenvalue weighted by molar-refractivity contribution is 5.99. The van der Waals surface area contributed by atoms with Crippen LogP contribution in [-0.2, 0) is 4.79 Å². The first kappa shape index (κ1) is 21.1. The first-order chi connectivity index (χ1) is 15.0. The highest BCUT2D eigenvalue weighted by atomic mass is 16.7. The summed E-state index contributed by atoms with van der Waals surface area (Å²) in [5.41, 5.74) is 2.59. The van der Waals surface area contributed by atoms with Crippen LogP contribution in [0.1, 0.15) is 63.7 Å². The van der Waals surface area contributed by atoms with Crippen LogP contribution in [0.15, 0.2) is 42.0 Å². The lowest BCUT2D eigenvalue weighted by Crippen LogP contribution is -2.23. The van der Waals surface area contributed by atoms with Crippen LogP contribution in [0.25, 0.3) is 5.57 Å². The number of carbonyl (C=O) groups is 1. The normalized spacial score (nSPS) is 16.8. The molecule has 0 amide bonds. The fraction of sp³-hybridized carbons (Fsp3) is 0.400. The van der Waals surface area contributed by atoms with Gasteiger partial charge in [0, 0.05) is 11.1 Å². The Morgan fingerprint density at radius 1 is 1.10 bits per heavy atom. The number of unbranched alkanes of at least 4 members (excludes halogenated alkanes) is 2. The van der Waals surface area contributed by atoms with Gasteiger partial charge in [0.15, 0.2) is 17.6 Å². The number of carboxylic acid groups (broad SMARTS) is 1. The molecule has 2 aliphatic rings. The summed E-state index contributed by atoms with van der Waals surface area (Å²) in [5, 5.41) is 10.2. The average Bonchev–Trinajstić information content (AvgIpc) is 3.20. The summed E-state index contributed by atoms with van der Waals surface area (Å²) in [6, 6.07) is 11.1. The van der Waals surface area contributed by atoms with Crippen molar-refractivity contribution >= 4 is 11.5 Å². The Morgan fingerprint density at radius 2 is 1.87 bits per heavy atom. The van der Waals surface area contributed by atoms with Crippen LogP contribution >= 0.6 is 0 Å². The second-order valence-corrected chi connectivity index (χ2v) is 8.09. The Balaban J connectivity index is 1.81. The number of hydrogen-bond acceptors (Lipinski definition) is 5. The predicted molar refractivity (Wildman–Crippen MR) is 117 cm³/mol. The van der Waals surface area contributed by atoms with Crippen LogP contribution < -0.4 is 18.9 Å². The van der Waals surface area contributed by atoms with E-state index in [4.69, 9.17) is 18.9 Å². The van der Waals surface area contributed by atoms with Gasteiger partial charge < -0.3 is 24.1 Å². The largest absolute Gasteiger partial charge is 0.491 e. The molecule has 0 radical (unpaired) electrons. The number of fused-ring (bicyclic) bond motifs is 2. The summed E-state index contributed by atoms with van der Waals surface area (Å²) in [6.45, 7) is 6.22. The van der Waals surface area contributed by atoms with Gasteiger partial charge in [-0.05, 0) is 62.6 Å². The monoisotopic (exact) mass is 424 g/mol. The molecule has 1 unspecified atom stereocenters. The minimum Gasteiger partial charge on any atom is -0.491 e. The van der Waals surface area contributed by atoms with E-state index in [1.165, 1.54) is 0 Å². The topological polar surface area (TPSA) is 74.2 Å². The van der Waals surface area contributed by atoms with Crippen LogP contribution in [0.3, 0.4) is 0 Å². The van der Waals surface area contributed by atoms with Gasteiger partial charge in [-0.15, -0.1) is 0 Å². The SMILES string of the molecule is CCCCCC1=C(C(=O)O)C(c2ccc3c(c2)OCO3)Oc2ccc(OC(C)C)cc21. The van der Waals surface area contributed by atoms with E-state index in [0.29, 0.717) is 29.4 Å². The summed E-state index contributed by atoms with van der Waals surface area (Å²) in [6.07, 6.45) is 2.96. The Morgan fingerprint density at radius 3 is 2.61 bits per heavy atom. The summed E-state index contributed by atoms with van der Waals surface area (Å²) in [4.78, 5) is 12.5. The van der Waals surface area contributed by atoms with E-state index in [1.807, 2.05) is 38.1 Å². The zero-order valence-electron chi connectivity index (χ0n) is 18.1. The van der Waals surface area contributed by atoms with Gasteiger partial charge in [-0.25, -0.2) is 4.79 Å². The van der Waals surface area contributed by atoms with Crippen LogP contribution in [-0.4, -0.2) is 24.0 Å². The van der Waals surface area contributed by atoms with E-state index in [9.17, 15) is 9.90 Å². The number of benzene rings is 2. The van der Waals surface area contributed by atoms with E-state index < -0.39 is 12.1 Å². The molecule has 2 aromatic carbocycles. The molecule has 1 N–H and O–H groups in total. The van der Waals surface area contributed by atoms with E-state index in [-0.39, 0.29) is 18.5 Å². The summed E-state index contributed by atoms with van der Waals surface area (Å²) < 4.78 is 23.0. The molecule has 164 valence electrons. The van der Waals surface area contributed by atoms with Gasteiger partial charge in [0.05, 0.1) is 11.7 Å². The van der Waals surface area contributed by atoms with Crippen molar-refractivity contribution in [1.82, 2.24) is 0 Å². The molecule has 2 aliphatic heterocycles. The molecule has 1 atom stereocenters. The van der Waals surface area contributed by atoms with Crippen molar-refractivity contribution in [2.75, 3.05) is 6.79 Å². The average molecular weight is 424 g/mol. The standard InChI is InChI=1S/C25H28O6/c1-4-5-6-7-18-19-13-17(30-15(2)3)9-11-20(19)31-24(23(18)25(26)27)16-8-10-21-22(12-16)29-14-28-21/h8-13,15,24H,4-7,14H2,1-3H3,(H,26,27). The molecule has 0 saturated carbocycles. The number of ether oxygens (including phenoxy) is 4. The minimum atomic E-state index is -0.977. The molecule has 2 heterocycles. The summed E-state index contributed by atoms with van der Waals surface area (Å²) in [7, 11) is 0. The number of aliphatic carboxylic acids is 1. The third-order valence-corrected chi connectivity index (χ3v) is 5.44. The van der Waals surface area contributed by atoms with Crippen molar-refractivity contribution in [3.63, 3.8) is 0 Å². The van der Waals surface area contributed by atoms with Crippen molar-refractivity contribution in [2.24, 2.45) is 0 Å². The Labute approximate surface area is 182 Å². The first-order valence-corrected chi connectivity index (χ1v) is 10.8. The summed E-state index contributed by atoms with van der Waals surface area (Å²) in [5.74, 6) is 1.64. The third-order valence-electron chi connectivity index (χ3n) is 5.44. The van der Waals surface area contributed by atoms with Crippen LogP contribution in [0.4, 0.5) is 0 Å².